The van der Waals surface area contributed by atoms with Crippen molar-refractivity contribution in [2.45, 2.75) is 26.3 Å². The van der Waals surface area contributed by atoms with Crippen LogP contribution in [0.15, 0.2) is 18.2 Å². The smallest absolute Gasteiger partial charge is 0.292 e. The van der Waals surface area contributed by atoms with Gasteiger partial charge in [-0.2, -0.15) is 0 Å². The summed E-state index contributed by atoms with van der Waals surface area (Å²) in [5, 5.41) is 11.1. The monoisotopic (exact) mass is 249 g/mol. The highest BCUT2D eigenvalue weighted by molar-refractivity contribution is 5.64. The van der Waals surface area contributed by atoms with Crippen molar-refractivity contribution >= 4 is 11.4 Å². The van der Waals surface area contributed by atoms with E-state index in [1.807, 2.05) is 24.0 Å². The summed E-state index contributed by atoms with van der Waals surface area (Å²) in [5.41, 5.74) is 7.82. The summed E-state index contributed by atoms with van der Waals surface area (Å²) >= 11 is 0. The number of nitrogens with zero attached hydrogens (tertiary/aromatic N) is 2. The molecule has 5 heteroatoms. The van der Waals surface area contributed by atoms with Gasteiger partial charge in [-0.15, -0.1) is 0 Å². The molecule has 1 heterocycles. The van der Waals surface area contributed by atoms with Crippen molar-refractivity contribution in [2.75, 3.05) is 18.0 Å². The lowest BCUT2D eigenvalue weighted by molar-refractivity contribution is -0.384. The van der Waals surface area contributed by atoms with Crippen molar-refractivity contribution in [2.24, 2.45) is 11.7 Å². The number of nitrogens with two attached hydrogens (primary N) is 1. The molecule has 1 saturated heterocycles. The summed E-state index contributed by atoms with van der Waals surface area (Å²) in [7, 11) is 0. The lowest BCUT2D eigenvalue weighted by atomic mass is 9.94. The van der Waals surface area contributed by atoms with E-state index in [9.17, 15) is 10.1 Å². The number of rotatable bonds is 2. The van der Waals surface area contributed by atoms with Crippen molar-refractivity contribution in [3.05, 3.63) is 33.9 Å². The maximum atomic E-state index is 11.1. The van der Waals surface area contributed by atoms with E-state index in [2.05, 4.69) is 6.92 Å². The second-order valence-electron chi connectivity index (χ2n) is 5.13. The van der Waals surface area contributed by atoms with Crippen LogP contribution in [-0.2, 0) is 0 Å². The van der Waals surface area contributed by atoms with Crippen LogP contribution < -0.4 is 10.6 Å². The molecule has 1 aromatic carbocycles. The second kappa shape index (κ2) is 4.94. The van der Waals surface area contributed by atoms with Gasteiger partial charge in [-0.3, -0.25) is 10.1 Å². The fraction of sp³-hybridized carbons (Fsp3) is 0.538. The van der Waals surface area contributed by atoms with Gasteiger partial charge in [0.25, 0.3) is 5.69 Å². The molecule has 0 saturated carbocycles. The van der Waals surface area contributed by atoms with Crippen LogP contribution in [0.3, 0.4) is 0 Å². The Morgan fingerprint density at radius 1 is 1.50 bits per heavy atom. The molecule has 1 fully saturated rings. The summed E-state index contributed by atoms with van der Waals surface area (Å²) in [6, 6.07) is 5.45. The van der Waals surface area contributed by atoms with Gasteiger partial charge < -0.3 is 10.6 Å². The molecule has 0 radical (unpaired) electrons. The van der Waals surface area contributed by atoms with Gasteiger partial charge in [-0.05, 0) is 30.9 Å². The molecule has 1 aliphatic rings. The summed E-state index contributed by atoms with van der Waals surface area (Å²) in [5.74, 6) is 0.478. The van der Waals surface area contributed by atoms with Gasteiger partial charge in [0.05, 0.1) is 4.92 Å². The first kappa shape index (κ1) is 12.8. The molecule has 18 heavy (non-hydrogen) atoms. The fourth-order valence-electron chi connectivity index (χ4n) is 2.37. The number of benzene rings is 1. The fourth-order valence-corrected chi connectivity index (χ4v) is 2.37. The summed E-state index contributed by atoms with van der Waals surface area (Å²) in [6.07, 6.45) is 0.978. The number of nitro benzene ring substituents is 1. The van der Waals surface area contributed by atoms with Crippen LogP contribution in [0.2, 0.25) is 0 Å². The van der Waals surface area contributed by atoms with Gasteiger partial charge >= 0.3 is 0 Å². The number of nitro groups is 1. The van der Waals surface area contributed by atoms with E-state index in [1.54, 1.807) is 6.07 Å². The van der Waals surface area contributed by atoms with Crippen molar-refractivity contribution < 1.29 is 4.92 Å². The molecular weight excluding hydrogens is 230 g/mol. The summed E-state index contributed by atoms with van der Waals surface area (Å²) < 4.78 is 0. The Morgan fingerprint density at radius 3 is 2.83 bits per heavy atom. The summed E-state index contributed by atoms with van der Waals surface area (Å²) in [4.78, 5) is 12.8. The average molecular weight is 249 g/mol. The molecule has 98 valence electrons. The van der Waals surface area contributed by atoms with E-state index in [-0.39, 0.29) is 16.7 Å². The Kier molecular flexibility index (Phi) is 3.52. The van der Waals surface area contributed by atoms with Gasteiger partial charge in [0, 0.05) is 25.2 Å². The Morgan fingerprint density at radius 2 is 2.22 bits per heavy atom. The predicted molar refractivity (Wildman–Crippen MR) is 71.8 cm³/mol. The first-order valence-electron chi connectivity index (χ1n) is 6.24. The maximum absolute atomic E-state index is 11.1. The summed E-state index contributed by atoms with van der Waals surface area (Å²) in [6.45, 7) is 5.51. The van der Waals surface area contributed by atoms with Crippen molar-refractivity contribution in [3.8, 4) is 0 Å². The number of aryl methyl sites for hydroxylation is 1. The zero-order chi connectivity index (χ0) is 13.3. The Labute approximate surface area is 107 Å². The van der Waals surface area contributed by atoms with Crippen molar-refractivity contribution in [1.29, 1.82) is 0 Å². The standard InChI is InChI=1S/C13H19N3O2/c1-9-3-4-12(13(7-9)16(17)18)15-6-5-10(2)11(14)8-15/h3-4,7,10-11H,5-6,8,14H2,1-2H3. The maximum Gasteiger partial charge on any atom is 0.292 e. The molecule has 0 bridgehead atoms. The van der Waals surface area contributed by atoms with Crippen LogP contribution in [0.4, 0.5) is 11.4 Å². The third kappa shape index (κ3) is 2.46. The van der Waals surface area contributed by atoms with E-state index < -0.39 is 0 Å². The van der Waals surface area contributed by atoms with Gasteiger partial charge in [0.1, 0.15) is 5.69 Å². The molecule has 0 aromatic heterocycles. The molecule has 2 unspecified atom stereocenters. The molecule has 2 atom stereocenters. The number of hydrogen-bond acceptors (Lipinski definition) is 4. The molecule has 2 N–H and O–H groups in total. The molecule has 5 nitrogen and oxygen atoms in total. The minimum absolute atomic E-state index is 0.0830. The molecular formula is C13H19N3O2. The number of anilines is 1. The van der Waals surface area contributed by atoms with Crippen molar-refractivity contribution in [1.82, 2.24) is 0 Å². The van der Waals surface area contributed by atoms with Gasteiger partial charge in [0.15, 0.2) is 0 Å². The largest absolute Gasteiger partial charge is 0.364 e. The van der Waals surface area contributed by atoms with E-state index in [0.29, 0.717) is 18.2 Å². The highest BCUT2D eigenvalue weighted by Crippen LogP contribution is 2.31. The lowest BCUT2D eigenvalue weighted by Gasteiger charge is -2.36. The van der Waals surface area contributed by atoms with Crippen LogP contribution >= 0.6 is 0 Å². The molecule has 0 amide bonds. The Balaban J connectivity index is 2.30. The Bertz CT molecular complexity index is 462. The van der Waals surface area contributed by atoms with Crippen LogP contribution in [-0.4, -0.2) is 24.1 Å². The SMILES string of the molecule is Cc1ccc(N2CCC(C)C(N)C2)c([N+](=O)[O-])c1. The quantitative estimate of drug-likeness (QED) is 0.643. The van der Waals surface area contributed by atoms with Crippen molar-refractivity contribution in [3.63, 3.8) is 0 Å². The average Bonchev–Trinajstić information content (AvgIpc) is 2.32. The zero-order valence-electron chi connectivity index (χ0n) is 10.8. The van der Waals surface area contributed by atoms with E-state index in [4.69, 9.17) is 5.73 Å². The highest BCUT2D eigenvalue weighted by atomic mass is 16.6. The van der Waals surface area contributed by atoms with Gasteiger partial charge in [-0.25, -0.2) is 0 Å². The molecule has 0 spiro atoms. The highest BCUT2D eigenvalue weighted by Gasteiger charge is 2.27. The van der Waals surface area contributed by atoms with E-state index in [0.717, 1.165) is 18.5 Å². The minimum Gasteiger partial charge on any atom is -0.364 e. The van der Waals surface area contributed by atoms with E-state index in [1.165, 1.54) is 0 Å². The molecule has 1 aliphatic heterocycles. The van der Waals surface area contributed by atoms with Gasteiger partial charge in [-0.1, -0.05) is 13.0 Å². The Hall–Kier alpha value is -1.62. The van der Waals surface area contributed by atoms with E-state index >= 15 is 0 Å². The minimum atomic E-state index is -0.314. The topological polar surface area (TPSA) is 72.4 Å². The zero-order valence-corrected chi connectivity index (χ0v) is 10.8. The molecule has 2 rings (SSSR count). The molecule has 1 aromatic rings. The first-order chi connectivity index (χ1) is 8.49. The van der Waals surface area contributed by atoms with Crippen LogP contribution in [0.25, 0.3) is 0 Å². The third-order valence-electron chi connectivity index (χ3n) is 3.68. The molecule has 0 aliphatic carbocycles. The third-order valence-corrected chi connectivity index (χ3v) is 3.68. The lowest BCUT2D eigenvalue weighted by Crippen LogP contribution is -2.47. The normalized spacial score (nSPS) is 24.1. The van der Waals surface area contributed by atoms with Crippen LogP contribution in [0.1, 0.15) is 18.9 Å². The van der Waals surface area contributed by atoms with Gasteiger partial charge in [0.2, 0.25) is 0 Å². The number of piperidine rings is 1. The second-order valence-corrected chi connectivity index (χ2v) is 5.13. The van der Waals surface area contributed by atoms with Crippen LogP contribution in [0, 0.1) is 23.0 Å². The van der Waals surface area contributed by atoms with Crippen LogP contribution in [0.5, 0.6) is 0 Å². The predicted octanol–water partition coefficient (Wildman–Crippen LogP) is 2.08. The number of hydrogen-bond donors (Lipinski definition) is 1. The first-order valence-corrected chi connectivity index (χ1v) is 6.24.